The van der Waals surface area contributed by atoms with Crippen molar-refractivity contribution < 1.29 is 4.79 Å². The molecule has 8 heteroatoms. The Kier molecular flexibility index (Phi) is 8.51. The van der Waals surface area contributed by atoms with E-state index < -0.39 is 0 Å². The minimum Gasteiger partial charge on any atom is -0.369 e. The lowest BCUT2D eigenvalue weighted by Crippen LogP contribution is -2.46. The van der Waals surface area contributed by atoms with Gasteiger partial charge in [-0.15, -0.1) is 0 Å². The third kappa shape index (κ3) is 6.80. The Labute approximate surface area is 214 Å². The van der Waals surface area contributed by atoms with Crippen molar-refractivity contribution in [1.82, 2.24) is 19.8 Å². The average molecular weight is 488 g/mol. The van der Waals surface area contributed by atoms with Crippen molar-refractivity contribution in [2.45, 2.75) is 20.3 Å². The van der Waals surface area contributed by atoms with Gasteiger partial charge in [0.2, 0.25) is 5.95 Å². The summed E-state index contributed by atoms with van der Waals surface area (Å²) in [6.07, 6.45) is 4.31. The van der Waals surface area contributed by atoms with Gasteiger partial charge in [-0.25, -0.2) is 9.97 Å². The Bertz CT molecular complexity index is 1120. The Morgan fingerprint density at radius 1 is 0.944 bits per heavy atom. The Balaban J connectivity index is 1.28. The van der Waals surface area contributed by atoms with Gasteiger partial charge >= 0.3 is 0 Å². The summed E-state index contributed by atoms with van der Waals surface area (Å²) in [5.41, 5.74) is 5.43. The molecule has 2 aromatic carbocycles. The molecule has 0 unspecified atom stereocenters. The summed E-state index contributed by atoms with van der Waals surface area (Å²) in [6.45, 7) is 10.6. The molecule has 0 radical (unpaired) electrons. The number of hydrogen-bond acceptors (Lipinski definition) is 7. The quantitative estimate of drug-likeness (QED) is 0.469. The molecule has 1 saturated heterocycles. The predicted molar refractivity (Wildman–Crippen MR) is 147 cm³/mol. The molecule has 1 fully saturated rings. The van der Waals surface area contributed by atoms with Crippen LogP contribution in [0.15, 0.2) is 54.9 Å². The van der Waals surface area contributed by atoms with E-state index in [1.165, 1.54) is 18.7 Å². The van der Waals surface area contributed by atoms with Crippen LogP contribution in [0.3, 0.4) is 0 Å². The van der Waals surface area contributed by atoms with Crippen LogP contribution in [-0.4, -0.2) is 79.0 Å². The molecule has 190 valence electrons. The average Bonchev–Trinajstić information content (AvgIpc) is 2.87. The van der Waals surface area contributed by atoms with Gasteiger partial charge in [0.1, 0.15) is 0 Å². The van der Waals surface area contributed by atoms with Crippen molar-refractivity contribution >= 4 is 28.9 Å². The van der Waals surface area contributed by atoms with E-state index in [9.17, 15) is 4.79 Å². The zero-order valence-electron chi connectivity index (χ0n) is 21.8. The maximum atomic E-state index is 12.7. The number of aromatic nitrogens is 2. The lowest BCUT2D eigenvalue weighted by atomic mass is 10.1. The number of piperazine rings is 1. The van der Waals surface area contributed by atoms with E-state index in [1.54, 1.807) is 12.4 Å². The van der Waals surface area contributed by atoms with Gasteiger partial charge in [-0.1, -0.05) is 18.2 Å². The first-order valence-electron chi connectivity index (χ1n) is 12.6. The summed E-state index contributed by atoms with van der Waals surface area (Å²) in [4.78, 5) is 28.6. The van der Waals surface area contributed by atoms with Crippen LogP contribution in [0.1, 0.15) is 27.9 Å². The van der Waals surface area contributed by atoms with Crippen LogP contribution in [0.2, 0.25) is 0 Å². The highest BCUT2D eigenvalue weighted by Crippen LogP contribution is 2.22. The maximum Gasteiger partial charge on any atom is 0.258 e. The second-order valence-corrected chi connectivity index (χ2v) is 9.67. The van der Waals surface area contributed by atoms with Crippen LogP contribution in [0, 0.1) is 13.8 Å². The van der Waals surface area contributed by atoms with Gasteiger partial charge in [0, 0.05) is 55.6 Å². The first-order valence-corrected chi connectivity index (χ1v) is 12.6. The van der Waals surface area contributed by atoms with Gasteiger partial charge in [-0.05, 0) is 82.8 Å². The van der Waals surface area contributed by atoms with Crippen molar-refractivity contribution in [3.8, 4) is 0 Å². The Hall–Kier alpha value is -3.49. The van der Waals surface area contributed by atoms with Gasteiger partial charge in [0.05, 0.1) is 5.56 Å². The number of hydrogen-bond donors (Lipinski definition) is 2. The van der Waals surface area contributed by atoms with Crippen molar-refractivity contribution in [2.75, 3.05) is 68.9 Å². The topological polar surface area (TPSA) is 76.6 Å². The fourth-order valence-electron chi connectivity index (χ4n) is 4.43. The van der Waals surface area contributed by atoms with E-state index in [1.807, 2.05) is 44.2 Å². The van der Waals surface area contributed by atoms with E-state index in [2.05, 4.69) is 61.5 Å². The largest absolute Gasteiger partial charge is 0.369 e. The van der Waals surface area contributed by atoms with Crippen LogP contribution in [-0.2, 0) is 0 Å². The number of anilines is 4. The van der Waals surface area contributed by atoms with Crippen LogP contribution >= 0.6 is 0 Å². The number of aryl methyl sites for hydroxylation is 2. The highest BCUT2D eigenvalue weighted by atomic mass is 16.1. The zero-order valence-corrected chi connectivity index (χ0v) is 21.8. The van der Waals surface area contributed by atoms with Crippen LogP contribution in [0.25, 0.3) is 0 Å². The van der Waals surface area contributed by atoms with E-state index in [-0.39, 0.29) is 5.91 Å². The molecule has 0 aliphatic carbocycles. The van der Waals surface area contributed by atoms with Gasteiger partial charge in [0.25, 0.3) is 5.91 Å². The molecule has 2 heterocycles. The molecule has 8 nitrogen and oxygen atoms in total. The normalized spacial score (nSPS) is 14.2. The highest BCUT2D eigenvalue weighted by molar-refractivity contribution is 6.04. The molecule has 1 aliphatic heterocycles. The Morgan fingerprint density at radius 3 is 2.19 bits per heavy atom. The number of nitrogens with one attached hydrogen (secondary N) is 2. The predicted octanol–water partition coefficient (Wildman–Crippen LogP) is 4.16. The number of benzene rings is 2. The molecule has 1 amide bonds. The molecule has 36 heavy (non-hydrogen) atoms. The first-order chi connectivity index (χ1) is 17.4. The maximum absolute atomic E-state index is 12.7. The van der Waals surface area contributed by atoms with Crippen molar-refractivity contribution in [1.29, 1.82) is 0 Å². The summed E-state index contributed by atoms with van der Waals surface area (Å²) < 4.78 is 0. The molecule has 3 aromatic rings. The summed E-state index contributed by atoms with van der Waals surface area (Å²) >= 11 is 0. The van der Waals surface area contributed by atoms with Gasteiger partial charge in [-0.3, -0.25) is 9.69 Å². The molecule has 4 rings (SSSR count). The molecule has 2 N–H and O–H groups in total. The molecule has 0 atom stereocenters. The number of amides is 1. The van der Waals surface area contributed by atoms with Crippen LogP contribution in [0.4, 0.5) is 23.0 Å². The van der Waals surface area contributed by atoms with E-state index in [0.29, 0.717) is 11.5 Å². The lowest BCUT2D eigenvalue weighted by Gasteiger charge is -2.36. The number of nitrogens with zero attached hydrogens (tertiary/aromatic N) is 5. The van der Waals surface area contributed by atoms with Crippen LogP contribution in [0.5, 0.6) is 0 Å². The van der Waals surface area contributed by atoms with Crippen LogP contribution < -0.4 is 15.5 Å². The van der Waals surface area contributed by atoms with E-state index in [0.717, 1.165) is 55.2 Å². The summed E-state index contributed by atoms with van der Waals surface area (Å²) in [7, 11) is 4.26. The third-order valence-electron chi connectivity index (χ3n) is 6.57. The number of para-hydroxylation sites is 1. The molecule has 0 bridgehead atoms. The second kappa shape index (κ2) is 12.0. The molecular formula is C28H37N7O. The minimum absolute atomic E-state index is 0.221. The van der Waals surface area contributed by atoms with Gasteiger partial charge in [-0.2, -0.15) is 0 Å². The number of carbonyl (C=O) groups is 1. The highest BCUT2D eigenvalue weighted by Gasteiger charge is 2.17. The number of rotatable bonds is 9. The summed E-state index contributed by atoms with van der Waals surface area (Å²) in [5.74, 6) is 0.235. The molecular weight excluding hydrogens is 450 g/mol. The van der Waals surface area contributed by atoms with Crippen molar-refractivity contribution in [3.05, 3.63) is 71.5 Å². The summed E-state index contributed by atoms with van der Waals surface area (Å²) in [6, 6.07) is 14.3. The second-order valence-electron chi connectivity index (χ2n) is 9.67. The van der Waals surface area contributed by atoms with Crippen molar-refractivity contribution in [3.63, 3.8) is 0 Å². The molecule has 0 saturated carbocycles. The fourth-order valence-corrected chi connectivity index (χ4v) is 4.43. The third-order valence-corrected chi connectivity index (χ3v) is 6.57. The number of carbonyl (C=O) groups excluding carboxylic acids is 1. The molecule has 1 aromatic heterocycles. The molecule has 1 aliphatic rings. The van der Waals surface area contributed by atoms with Crippen molar-refractivity contribution in [2.24, 2.45) is 0 Å². The minimum atomic E-state index is -0.221. The fraction of sp³-hybridized carbons (Fsp3) is 0.393. The molecule has 0 spiro atoms. The first kappa shape index (κ1) is 25.6. The zero-order chi connectivity index (χ0) is 25.5. The SMILES string of the molecule is Cc1cccc(C)c1NC(=O)c1cnc(Nc2ccc(N3CCN(CCCN(C)C)CC3)cc2)nc1. The Morgan fingerprint density at radius 2 is 1.58 bits per heavy atom. The van der Waals surface area contributed by atoms with Gasteiger partial charge < -0.3 is 20.4 Å². The monoisotopic (exact) mass is 487 g/mol. The van der Waals surface area contributed by atoms with E-state index >= 15 is 0 Å². The van der Waals surface area contributed by atoms with E-state index in [4.69, 9.17) is 0 Å². The smallest absolute Gasteiger partial charge is 0.258 e. The standard InChI is InChI=1S/C28H37N7O/c1-21-7-5-8-22(2)26(21)32-27(36)23-19-29-28(30-20-23)31-24-9-11-25(12-10-24)35-17-15-34(16-18-35)14-6-13-33(3)4/h5,7-12,19-20H,6,13-18H2,1-4H3,(H,32,36)(H,29,30,31). The lowest BCUT2D eigenvalue weighted by molar-refractivity contribution is 0.102. The van der Waals surface area contributed by atoms with Gasteiger partial charge in [0.15, 0.2) is 0 Å². The summed E-state index contributed by atoms with van der Waals surface area (Å²) in [5, 5.41) is 6.19.